The number of ether oxygens (including phenoxy) is 6. The Balaban J connectivity index is 0.969. The van der Waals surface area contributed by atoms with Crippen LogP contribution in [0.4, 0.5) is 14.4 Å². The number of hydrogen-bond donors (Lipinski definition) is 0. The lowest BCUT2D eigenvalue weighted by atomic mass is 10.1. The molecule has 6 aromatic carbocycles. The topological polar surface area (TPSA) is 107 Å². The quantitative estimate of drug-likeness (QED) is 0.119. The Hall–Kier alpha value is -6.87. The molecular weight excluding hydrogens is 612 g/mol. The fourth-order valence-electron chi connectivity index (χ4n) is 4.48. The van der Waals surface area contributed by atoms with E-state index in [1.54, 1.807) is 146 Å². The molecular formula is C39H26O9. The molecule has 0 bridgehead atoms. The summed E-state index contributed by atoms with van der Waals surface area (Å²) >= 11 is 0. The Morgan fingerprint density at radius 1 is 0.250 bits per heavy atom. The third-order valence-corrected chi connectivity index (χ3v) is 6.78. The van der Waals surface area contributed by atoms with Crippen LogP contribution in [0, 0.1) is 0 Å². The molecule has 0 fully saturated rings. The molecule has 0 aromatic heterocycles. The highest BCUT2D eigenvalue weighted by molar-refractivity contribution is 5.72. The van der Waals surface area contributed by atoms with E-state index in [1.807, 2.05) is 12.1 Å². The van der Waals surface area contributed by atoms with Gasteiger partial charge in [0.05, 0.1) is 0 Å². The summed E-state index contributed by atoms with van der Waals surface area (Å²) in [5.74, 6) is 2.06. The fourth-order valence-corrected chi connectivity index (χ4v) is 4.48. The van der Waals surface area contributed by atoms with Gasteiger partial charge in [-0.1, -0.05) is 84.9 Å². The Bertz CT molecular complexity index is 1830. The average molecular weight is 639 g/mol. The van der Waals surface area contributed by atoms with Crippen LogP contribution >= 0.6 is 0 Å². The van der Waals surface area contributed by atoms with Crippen molar-refractivity contribution in [3.05, 3.63) is 158 Å². The minimum Gasteiger partial charge on any atom is -0.395 e. The van der Waals surface area contributed by atoms with E-state index in [0.29, 0.717) is 34.5 Å². The number of rotatable bonds is 8. The van der Waals surface area contributed by atoms with E-state index in [1.165, 1.54) is 0 Å². The van der Waals surface area contributed by atoms with E-state index in [4.69, 9.17) is 28.4 Å². The number of benzene rings is 6. The lowest BCUT2D eigenvalue weighted by Gasteiger charge is -2.09. The van der Waals surface area contributed by atoms with Gasteiger partial charge >= 0.3 is 18.5 Å². The molecule has 0 spiro atoms. The predicted molar refractivity (Wildman–Crippen MR) is 177 cm³/mol. The van der Waals surface area contributed by atoms with Gasteiger partial charge in [0.15, 0.2) is 0 Å². The second-order valence-corrected chi connectivity index (χ2v) is 10.1. The minimum atomic E-state index is -0.886. The van der Waals surface area contributed by atoms with Crippen LogP contribution in [0.15, 0.2) is 158 Å². The third-order valence-electron chi connectivity index (χ3n) is 6.78. The highest BCUT2D eigenvalue weighted by Gasteiger charge is 2.12. The maximum absolute atomic E-state index is 12.4. The van der Waals surface area contributed by atoms with Crippen molar-refractivity contribution in [3.63, 3.8) is 0 Å². The van der Waals surface area contributed by atoms with E-state index in [2.05, 4.69) is 0 Å². The summed E-state index contributed by atoms with van der Waals surface area (Å²) in [6.07, 6.45) is -2.55. The minimum absolute atomic E-state index is 0.305. The van der Waals surface area contributed by atoms with E-state index in [0.717, 1.165) is 22.3 Å². The molecule has 0 N–H and O–H groups in total. The molecule has 0 unspecified atom stereocenters. The first-order valence-electron chi connectivity index (χ1n) is 14.7. The molecule has 6 aromatic rings. The Kier molecular flexibility index (Phi) is 9.69. The SMILES string of the molecule is O=C(Oc1ccccc1)Oc1ccc(-c2ccc(OC(=O)Oc3ccc(-c4ccc(OC(=O)Oc5ccccc5)cc4)cc3)cc2)cc1. The van der Waals surface area contributed by atoms with Gasteiger partial charge in [-0.05, 0) is 95.1 Å². The zero-order valence-corrected chi connectivity index (χ0v) is 25.2. The first-order chi connectivity index (χ1) is 23.5. The summed E-state index contributed by atoms with van der Waals surface area (Å²) in [6.45, 7) is 0. The fraction of sp³-hybridized carbons (Fsp3) is 0. The van der Waals surface area contributed by atoms with Crippen LogP contribution in [0.1, 0.15) is 0 Å². The van der Waals surface area contributed by atoms with Crippen molar-refractivity contribution < 1.29 is 42.8 Å². The normalized spacial score (nSPS) is 10.3. The van der Waals surface area contributed by atoms with Crippen molar-refractivity contribution in [1.82, 2.24) is 0 Å². The van der Waals surface area contributed by atoms with Crippen LogP contribution in [0.5, 0.6) is 34.5 Å². The molecule has 0 amide bonds. The van der Waals surface area contributed by atoms with Crippen LogP contribution in [-0.4, -0.2) is 18.5 Å². The largest absolute Gasteiger partial charge is 0.519 e. The summed E-state index contributed by atoms with van der Waals surface area (Å²) in [4.78, 5) is 36.5. The summed E-state index contributed by atoms with van der Waals surface area (Å²) in [5.41, 5.74) is 3.44. The van der Waals surface area contributed by atoms with Crippen molar-refractivity contribution in [2.24, 2.45) is 0 Å². The third kappa shape index (κ3) is 8.64. The van der Waals surface area contributed by atoms with Crippen LogP contribution in [-0.2, 0) is 0 Å². The highest BCUT2D eigenvalue weighted by Crippen LogP contribution is 2.27. The van der Waals surface area contributed by atoms with Crippen LogP contribution in [0.2, 0.25) is 0 Å². The molecule has 0 radical (unpaired) electrons. The van der Waals surface area contributed by atoms with Gasteiger partial charge < -0.3 is 28.4 Å². The molecule has 0 saturated heterocycles. The molecule has 9 nitrogen and oxygen atoms in total. The van der Waals surface area contributed by atoms with Crippen molar-refractivity contribution in [1.29, 1.82) is 0 Å². The second kappa shape index (κ2) is 14.9. The van der Waals surface area contributed by atoms with E-state index < -0.39 is 18.5 Å². The van der Waals surface area contributed by atoms with Crippen LogP contribution in [0.3, 0.4) is 0 Å². The molecule has 9 heteroatoms. The zero-order chi connectivity index (χ0) is 33.1. The number of para-hydroxylation sites is 2. The first-order valence-corrected chi connectivity index (χ1v) is 14.7. The summed E-state index contributed by atoms with van der Waals surface area (Å²) in [7, 11) is 0. The van der Waals surface area contributed by atoms with Crippen LogP contribution < -0.4 is 28.4 Å². The van der Waals surface area contributed by atoms with Crippen molar-refractivity contribution in [2.75, 3.05) is 0 Å². The number of carbonyl (C=O) groups excluding carboxylic acids is 3. The lowest BCUT2D eigenvalue weighted by Crippen LogP contribution is -2.13. The highest BCUT2D eigenvalue weighted by atomic mass is 16.7. The molecule has 0 aliphatic rings. The van der Waals surface area contributed by atoms with Gasteiger partial charge in [0.25, 0.3) is 0 Å². The first kappa shape index (κ1) is 31.1. The smallest absolute Gasteiger partial charge is 0.395 e. The summed E-state index contributed by atoms with van der Waals surface area (Å²) in [5, 5.41) is 0. The van der Waals surface area contributed by atoms with Gasteiger partial charge in [0, 0.05) is 0 Å². The average Bonchev–Trinajstić information content (AvgIpc) is 3.10. The molecule has 6 rings (SSSR count). The monoisotopic (exact) mass is 638 g/mol. The predicted octanol–water partition coefficient (Wildman–Crippen LogP) is 9.75. The Morgan fingerprint density at radius 3 is 0.646 bits per heavy atom. The van der Waals surface area contributed by atoms with Crippen LogP contribution in [0.25, 0.3) is 22.3 Å². The van der Waals surface area contributed by atoms with Gasteiger partial charge in [0.2, 0.25) is 0 Å². The standard InChI is InChI=1S/C39H26O9/c40-37(43-31-7-3-1-4-8-31)45-33-19-11-27(12-20-33)29-15-23-35(24-16-29)47-39(42)48-36-25-17-30(18-26-36)28-13-21-34(22-14-28)46-38(41)44-32-9-5-2-6-10-32/h1-26H. The molecule has 236 valence electrons. The van der Waals surface area contributed by atoms with Crippen molar-refractivity contribution in [3.8, 4) is 56.8 Å². The second-order valence-electron chi connectivity index (χ2n) is 10.1. The maximum Gasteiger partial charge on any atom is 0.519 e. The lowest BCUT2D eigenvalue weighted by molar-refractivity contribution is 0.150. The van der Waals surface area contributed by atoms with E-state index in [-0.39, 0.29) is 0 Å². The van der Waals surface area contributed by atoms with Gasteiger partial charge in [-0.3, -0.25) is 0 Å². The number of carbonyl (C=O) groups is 3. The number of hydrogen-bond acceptors (Lipinski definition) is 9. The zero-order valence-electron chi connectivity index (χ0n) is 25.2. The molecule has 0 atom stereocenters. The summed E-state index contributed by atoms with van der Waals surface area (Å²) < 4.78 is 31.4. The molecule has 0 heterocycles. The molecule has 48 heavy (non-hydrogen) atoms. The molecule has 0 aliphatic heterocycles. The van der Waals surface area contributed by atoms with Gasteiger partial charge in [-0.25, -0.2) is 14.4 Å². The molecule has 0 saturated carbocycles. The summed E-state index contributed by atoms with van der Waals surface area (Å²) in [6, 6.07) is 44.9. The molecule has 0 aliphatic carbocycles. The Morgan fingerprint density at radius 2 is 0.438 bits per heavy atom. The van der Waals surface area contributed by atoms with Gasteiger partial charge in [0.1, 0.15) is 34.5 Å². The van der Waals surface area contributed by atoms with Gasteiger partial charge in [-0.15, -0.1) is 0 Å². The maximum atomic E-state index is 12.4. The van der Waals surface area contributed by atoms with Crippen molar-refractivity contribution in [2.45, 2.75) is 0 Å². The van der Waals surface area contributed by atoms with Gasteiger partial charge in [-0.2, -0.15) is 0 Å². The Labute approximate surface area is 275 Å². The van der Waals surface area contributed by atoms with E-state index >= 15 is 0 Å². The van der Waals surface area contributed by atoms with Crippen molar-refractivity contribution >= 4 is 18.5 Å². The van der Waals surface area contributed by atoms with E-state index in [9.17, 15) is 14.4 Å².